The van der Waals surface area contributed by atoms with Crippen molar-refractivity contribution in [2.24, 2.45) is 0 Å². The average Bonchev–Trinajstić information content (AvgIpc) is 3.55. The molecule has 0 fully saturated rings. The molecule has 4 aromatic rings. The molecule has 1 aromatic heterocycles. The molecule has 0 spiro atoms. The lowest BCUT2D eigenvalue weighted by atomic mass is 9.98. The van der Waals surface area contributed by atoms with Gasteiger partial charge < -0.3 is 15.5 Å². The third kappa shape index (κ3) is 5.68. The number of halogens is 3. The highest BCUT2D eigenvalue weighted by Gasteiger charge is 2.30. The lowest BCUT2D eigenvalue weighted by Gasteiger charge is -2.17. The Kier molecular flexibility index (Phi) is 7.16. The van der Waals surface area contributed by atoms with E-state index in [0.717, 1.165) is 23.4 Å². The molecule has 1 aliphatic heterocycles. The van der Waals surface area contributed by atoms with Crippen molar-refractivity contribution >= 4 is 46.1 Å². The lowest BCUT2D eigenvalue weighted by molar-refractivity contribution is -0.137. The number of benzene rings is 3. The van der Waals surface area contributed by atoms with Crippen molar-refractivity contribution in [2.75, 3.05) is 22.1 Å². The van der Waals surface area contributed by atoms with Crippen molar-refractivity contribution < 1.29 is 27.6 Å². The fourth-order valence-corrected chi connectivity index (χ4v) is 5.13. The SMILES string of the molecule is O=CNc1nc(CC(=O)N2CCc3cc(NC(=O)c4ccccc4-c4ccc(C(F)(F)F)cc4)ccc32)cs1. The Morgan fingerprint density at radius 2 is 1.82 bits per heavy atom. The van der Waals surface area contributed by atoms with Crippen molar-refractivity contribution in [3.05, 3.63) is 94.5 Å². The first-order valence-corrected chi connectivity index (χ1v) is 12.8. The van der Waals surface area contributed by atoms with Gasteiger partial charge in [-0.1, -0.05) is 30.3 Å². The summed E-state index contributed by atoms with van der Waals surface area (Å²) in [6.45, 7) is 0.492. The molecule has 0 unspecified atom stereocenters. The van der Waals surface area contributed by atoms with Gasteiger partial charge >= 0.3 is 6.18 Å². The van der Waals surface area contributed by atoms with Crippen LogP contribution in [0.1, 0.15) is 27.2 Å². The molecule has 0 aliphatic carbocycles. The number of hydrogen-bond acceptors (Lipinski definition) is 5. The van der Waals surface area contributed by atoms with Crippen LogP contribution in [0.15, 0.2) is 72.1 Å². The quantitative estimate of drug-likeness (QED) is 0.286. The summed E-state index contributed by atoms with van der Waals surface area (Å²) in [5, 5.41) is 7.48. The van der Waals surface area contributed by atoms with Gasteiger partial charge in [-0.25, -0.2) is 4.98 Å². The highest BCUT2D eigenvalue weighted by atomic mass is 32.1. The van der Waals surface area contributed by atoms with E-state index in [1.54, 1.807) is 46.7 Å². The molecule has 0 atom stereocenters. The van der Waals surface area contributed by atoms with Crippen molar-refractivity contribution in [2.45, 2.75) is 19.0 Å². The molecular formula is C28H21F3N4O3S. The summed E-state index contributed by atoms with van der Waals surface area (Å²) in [6, 6.07) is 16.7. The summed E-state index contributed by atoms with van der Waals surface area (Å²) in [6.07, 6.45) is -3.20. The number of alkyl halides is 3. The van der Waals surface area contributed by atoms with Crippen LogP contribution >= 0.6 is 11.3 Å². The average molecular weight is 551 g/mol. The first kappa shape index (κ1) is 26.1. The zero-order valence-corrected chi connectivity index (χ0v) is 21.1. The molecule has 3 aromatic carbocycles. The van der Waals surface area contributed by atoms with Gasteiger partial charge in [0.2, 0.25) is 12.3 Å². The third-order valence-corrected chi connectivity index (χ3v) is 7.12. The Hall–Kier alpha value is -4.51. The third-order valence-electron chi connectivity index (χ3n) is 6.30. The van der Waals surface area contributed by atoms with Crippen LogP contribution in [-0.4, -0.2) is 29.8 Å². The minimum absolute atomic E-state index is 0.0930. The predicted octanol–water partition coefficient (Wildman–Crippen LogP) is 5.78. The molecule has 2 N–H and O–H groups in total. The molecule has 39 heavy (non-hydrogen) atoms. The molecule has 11 heteroatoms. The Labute approximate surface area is 225 Å². The van der Waals surface area contributed by atoms with Crippen molar-refractivity contribution in [1.82, 2.24) is 4.98 Å². The maximum atomic E-state index is 13.2. The maximum absolute atomic E-state index is 13.2. The summed E-state index contributed by atoms with van der Waals surface area (Å²) in [4.78, 5) is 42.5. The normalized spacial score (nSPS) is 12.6. The molecule has 0 radical (unpaired) electrons. The van der Waals surface area contributed by atoms with Gasteiger partial charge in [-0.3, -0.25) is 14.4 Å². The number of nitrogens with zero attached hydrogens (tertiary/aromatic N) is 2. The van der Waals surface area contributed by atoms with Gasteiger partial charge in [0, 0.05) is 28.9 Å². The molecule has 3 amide bonds. The number of amides is 3. The first-order valence-electron chi connectivity index (χ1n) is 11.9. The van der Waals surface area contributed by atoms with Crippen LogP contribution in [0.5, 0.6) is 0 Å². The van der Waals surface area contributed by atoms with E-state index < -0.39 is 17.6 Å². The second-order valence-electron chi connectivity index (χ2n) is 8.80. The van der Waals surface area contributed by atoms with Crippen LogP contribution < -0.4 is 15.5 Å². The molecule has 7 nitrogen and oxygen atoms in total. The number of carbonyl (C=O) groups is 3. The molecule has 2 heterocycles. The summed E-state index contributed by atoms with van der Waals surface area (Å²) >= 11 is 1.24. The summed E-state index contributed by atoms with van der Waals surface area (Å²) < 4.78 is 38.9. The van der Waals surface area contributed by atoms with Gasteiger partial charge in [-0.05, 0) is 59.5 Å². The van der Waals surface area contributed by atoms with E-state index in [1.807, 2.05) is 6.07 Å². The van der Waals surface area contributed by atoms with Crippen LogP contribution in [0, 0.1) is 0 Å². The predicted molar refractivity (Wildman–Crippen MR) is 143 cm³/mol. The first-order chi connectivity index (χ1) is 18.7. The summed E-state index contributed by atoms with van der Waals surface area (Å²) in [7, 11) is 0. The number of carbonyl (C=O) groups excluding carboxylic acids is 3. The van der Waals surface area contributed by atoms with Gasteiger partial charge in [0.25, 0.3) is 5.91 Å². The monoisotopic (exact) mass is 550 g/mol. The van der Waals surface area contributed by atoms with Crippen LogP contribution in [0.3, 0.4) is 0 Å². The summed E-state index contributed by atoms with van der Waals surface area (Å²) in [5.41, 5.74) is 3.33. The van der Waals surface area contributed by atoms with Crippen molar-refractivity contribution in [3.63, 3.8) is 0 Å². The zero-order chi connectivity index (χ0) is 27.6. The topological polar surface area (TPSA) is 91.4 Å². The number of fused-ring (bicyclic) bond motifs is 1. The smallest absolute Gasteiger partial charge is 0.322 e. The van der Waals surface area contributed by atoms with Gasteiger partial charge in [0.1, 0.15) is 0 Å². The number of nitrogens with one attached hydrogen (secondary N) is 2. The fraction of sp³-hybridized carbons (Fsp3) is 0.143. The molecular weight excluding hydrogens is 529 g/mol. The van der Waals surface area contributed by atoms with E-state index in [2.05, 4.69) is 15.6 Å². The second-order valence-corrected chi connectivity index (χ2v) is 9.65. The molecule has 0 saturated carbocycles. The zero-order valence-electron chi connectivity index (χ0n) is 20.3. The van der Waals surface area contributed by atoms with Crippen LogP contribution in [0.2, 0.25) is 0 Å². The Morgan fingerprint density at radius 3 is 2.56 bits per heavy atom. The molecule has 0 bridgehead atoms. The van der Waals surface area contributed by atoms with Gasteiger partial charge in [0.05, 0.1) is 17.7 Å². The number of aromatic nitrogens is 1. The number of thiazole rings is 1. The summed E-state index contributed by atoms with van der Waals surface area (Å²) in [5.74, 6) is -0.529. The Balaban J connectivity index is 1.30. The lowest BCUT2D eigenvalue weighted by Crippen LogP contribution is -2.30. The standard InChI is InChI=1S/C28H21F3N4O3S/c29-28(30,31)19-7-5-17(6-8-19)22-3-1-2-4-23(22)26(38)33-20-9-10-24-18(13-20)11-12-35(24)25(37)14-21-15-39-27(34-21)32-16-36/h1-10,13,15-16H,11-12,14H2,(H,33,38)(H,32,34,36). The number of hydrogen-bond donors (Lipinski definition) is 2. The van der Waals surface area contributed by atoms with E-state index >= 15 is 0 Å². The number of rotatable bonds is 7. The minimum atomic E-state index is -4.44. The minimum Gasteiger partial charge on any atom is -0.322 e. The van der Waals surface area contributed by atoms with Crippen LogP contribution in [-0.2, 0) is 28.6 Å². The van der Waals surface area contributed by atoms with E-state index in [9.17, 15) is 27.6 Å². The van der Waals surface area contributed by atoms with Gasteiger partial charge in [0.15, 0.2) is 5.13 Å². The molecule has 198 valence electrons. The number of anilines is 3. The molecule has 1 aliphatic rings. The van der Waals surface area contributed by atoms with Gasteiger partial charge in [-0.15, -0.1) is 11.3 Å². The van der Waals surface area contributed by atoms with Crippen LogP contribution in [0.25, 0.3) is 11.1 Å². The second kappa shape index (κ2) is 10.7. The van der Waals surface area contributed by atoms with Gasteiger partial charge in [-0.2, -0.15) is 13.2 Å². The van der Waals surface area contributed by atoms with Crippen molar-refractivity contribution in [1.29, 1.82) is 0 Å². The Bertz CT molecular complexity index is 1550. The largest absolute Gasteiger partial charge is 0.416 e. The molecule has 5 rings (SSSR count). The van der Waals surface area contributed by atoms with Crippen molar-refractivity contribution in [3.8, 4) is 11.1 Å². The highest BCUT2D eigenvalue weighted by Crippen LogP contribution is 2.33. The van der Waals surface area contributed by atoms with E-state index in [0.29, 0.717) is 52.6 Å². The van der Waals surface area contributed by atoms with E-state index in [-0.39, 0.29) is 12.3 Å². The van der Waals surface area contributed by atoms with E-state index in [1.165, 1.54) is 23.5 Å². The fourth-order valence-electron chi connectivity index (χ4n) is 4.46. The maximum Gasteiger partial charge on any atom is 0.416 e. The van der Waals surface area contributed by atoms with Crippen LogP contribution in [0.4, 0.5) is 29.7 Å². The highest BCUT2D eigenvalue weighted by molar-refractivity contribution is 7.13. The Morgan fingerprint density at radius 1 is 1.05 bits per heavy atom. The molecule has 0 saturated heterocycles. The van der Waals surface area contributed by atoms with E-state index in [4.69, 9.17) is 0 Å².